The fourth-order valence-corrected chi connectivity index (χ4v) is 3.84. The Morgan fingerprint density at radius 2 is 2.21 bits per heavy atom. The quantitative estimate of drug-likeness (QED) is 0.767. The highest BCUT2D eigenvalue weighted by molar-refractivity contribution is 7.13. The number of hydrogen-bond acceptors (Lipinski definition) is 4. The van der Waals surface area contributed by atoms with Crippen LogP contribution in [0.1, 0.15) is 23.2 Å². The lowest BCUT2D eigenvalue weighted by Crippen LogP contribution is -2.37. The van der Waals surface area contributed by atoms with Gasteiger partial charge < -0.3 is 10.6 Å². The molecule has 1 unspecified atom stereocenters. The Bertz CT molecular complexity index is 854. The van der Waals surface area contributed by atoms with E-state index in [1.54, 1.807) is 11.3 Å². The minimum absolute atomic E-state index is 0.0277. The van der Waals surface area contributed by atoms with E-state index in [0.29, 0.717) is 18.2 Å². The molecule has 1 saturated heterocycles. The molecule has 24 heavy (non-hydrogen) atoms. The molecule has 1 aliphatic heterocycles. The second kappa shape index (κ2) is 6.71. The topological polar surface area (TPSA) is 54.0 Å². The number of benzene rings is 1. The highest BCUT2D eigenvalue weighted by Gasteiger charge is 2.18. The van der Waals surface area contributed by atoms with Gasteiger partial charge in [-0.05, 0) is 43.0 Å². The molecular formula is C19H19N3OS. The Hall–Kier alpha value is -2.24. The maximum atomic E-state index is 12.8. The Balaban J connectivity index is 1.68. The lowest BCUT2D eigenvalue weighted by Gasteiger charge is -2.13. The van der Waals surface area contributed by atoms with Gasteiger partial charge >= 0.3 is 0 Å². The van der Waals surface area contributed by atoms with Gasteiger partial charge in [0.1, 0.15) is 0 Å². The molecule has 3 aromatic rings. The van der Waals surface area contributed by atoms with Crippen LogP contribution in [0.25, 0.3) is 21.5 Å². The van der Waals surface area contributed by atoms with E-state index < -0.39 is 0 Å². The number of carbonyl (C=O) groups is 1. The zero-order chi connectivity index (χ0) is 16.4. The van der Waals surface area contributed by atoms with Crippen LogP contribution in [-0.2, 0) is 0 Å². The number of rotatable bonds is 4. The van der Waals surface area contributed by atoms with Crippen molar-refractivity contribution in [3.63, 3.8) is 0 Å². The number of fused-ring (bicyclic) bond motifs is 1. The minimum Gasteiger partial charge on any atom is -0.350 e. The maximum absolute atomic E-state index is 12.8. The molecule has 0 bridgehead atoms. The summed E-state index contributed by atoms with van der Waals surface area (Å²) in [5.74, 6) is -0.0277. The van der Waals surface area contributed by atoms with Crippen molar-refractivity contribution in [2.75, 3.05) is 13.1 Å². The van der Waals surface area contributed by atoms with Gasteiger partial charge in [-0.1, -0.05) is 24.3 Å². The summed E-state index contributed by atoms with van der Waals surface area (Å²) >= 11 is 1.63. The van der Waals surface area contributed by atoms with Crippen molar-refractivity contribution in [3.8, 4) is 10.6 Å². The van der Waals surface area contributed by atoms with Crippen molar-refractivity contribution >= 4 is 28.1 Å². The predicted molar refractivity (Wildman–Crippen MR) is 98.4 cm³/mol. The van der Waals surface area contributed by atoms with E-state index in [2.05, 4.69) is 10.6 Å². The molecule has 1 aromatic carbocycles. The molecular weight excluding hydrogens is 318 g/mol. The van der Waals surface area contributed by atoms with Gasteiger partial charge in [-0.3, -0.25) is 4.79 Å². The third kappa shape index (κ3) is 3.05. The Morgan fingerprint density at radius 3 is 3.00 bits per heavy atom. The van der Waals surface area contributed by atoms with Gasteiger partial charge in [-0.2, -0.15) is 0 Å². The Morgan fingerprint density at radius 1 is 1.29 bits per heavy atom. The number of nitrogens with zero attached hydrogens (tertiary/aromatic N) is 1. The van der Waals surface area contributed by atoms with Crippen LogP contribution >= 0.6 is 11.3 Å². The highest BCUT2D eigenvalue weighted by atomic mass is 32.1. The summed E-state index contributed by atoms with van der Waals surface area (Å²) in [6.07, 6.45) is 2.30. The summed E-state index contributed by atoms with van der Waals surface area (Å²) < 4.78 is 0. The summed E-state index contributed by atoms with van der Waals surface area (Å²) in [5, 5.41) is 9.41. The van der Waals surface area contributed by atoms with Gasteiger partial charge in [0.05, 0.1) is 21.7 Å². The zero-order valence-electron chi connectivity index (χ0n) is 13.3. The van der Waals surface area contributed by atoms with Gasteiger partial charge in [0.25, 0.3) is 5.91 Å². The van der Waals surface area contributed by atoms with Crippen molar-refractivity contribution in [2.45, 2.75) is 18.9 Å². The van der Waals surface area contributed by atoms with Gasteiger partial charge in [0.15, 0.2) is 0 Å². The molecule has 0 saturated carbocycles. The Kier molecular flexibility index (Phi) is 4.28. The maximum Gasteiger partial charge on any atom is 0.252 e. The smallest absolute Gasteiger partial charge is 0.252 e. The number of pyridine rings is 1. The van der Waals surface area contributed by atoms with Crippen molar-refractivity contribution in [1.82, 2.24) is 15.6 Å². The van der Waals surface area contributed by atoms with Crippen molar-refractivity contribution < 1.29 is 4.79 Å². The van der Waals surface area contributed by atoms with Gasteiger partial charge in [-0.25, -0.2) is 4.98 Å². The van der Waals surface area contributed by atoms with Crippen LogP contribution in [-0.4, -0.2) is 30.0 Å². The summed E-state index contributed by atoms with van der Waals surface area (Å²) in [7, 11) is 0. The SMILES string of the molecule is O=C(NCC1CCCN1)c1cc(-c2cccs2)nc2ccccc12. The van der Waals surface area contributed by atoms with E-state index in [1.807, 2.05) is 47.8 Å². The van der Waals surface area contributed by atoms with E-state index in [0.717, 1.165) is 34.4 Å². The molecule has 3 heterocycles. The fraction of sp³-hybridized carbons (Fsp3) is 0.263. The molecule has 1 amide bonds. The number of carbonyl (C=O) groups excluding carboxylic acids is 1. The molecule has 1 atom stereocenters. The van der Waals surface area contributed by atoms with Crippen LogP contribution in [0.5, 0.6) is 0 Å². The molecule has 4 nitrogen and oxygen atoms in total. The summed E-state index contributed by atoms with van der Waals surface area (Å²) in [4.78, 5) is 18.6. The second-order valence-electron chi connectivity index (χ2n) is 6.05. The molecule has 4 rings (SSSR count). The van der Waals surface area contributed by atoms with E-state index in [-0.39, 0.29) is 5.91 Å². The minimum atomic E-state index is -0.0277. The average molecular weight is 337 g/mol. The number of aromatic nitrogens is 1. The molecule has 0 aliphatic carbocycles. The predicted octanol–water partition coefficient (Wildman–Crippen LogP) is 3.45. The largest absolute Gasteiger partial charge is 0.350 e. The van der Waals surface area contributed by atoms with Crippen LogP contribution in [0, 0.1) is 0 Å². The lowest BCUT2D eigenvalue weighted by atomic mass is 10.1. The van der Waals surface area contributed by atoms with E-state index in [9.17, 15) is 4.79 Å². The van der Waals surface area contributed by atoms with Crippen LogP contribution < -0.4 is 10.6 Å². The van der Waals surface area contributed by atoms with Gasteiger partial charge in [0, 0.05) is 18.0 Å². The van der Waals surface area contributed by atoms with Gasteiger partial charge in [0.2, 0.25) is 0 Å². The molecule has 2 N–H and O–H groups in total. The van der Waals surface area contributed by atoms with Gasteiger partial charge in [-0.15, -0.1) is 11.3 Å². The number of amides is 1. The van der Waals surface area contributed by atoms with Crippen LogP contribution in [0.15, 0.2) is 47.8 Å². The van der Waals surface area contributed by atoms with Crippen LogP contribution in [0.4, 0.5) is 0 Å². The summed E-state index contributed by atoms with van der Waals surface area (Å²) in [6, 6.07) is 14.2. The summed E-state index contributed by atoms with van der Waals surface area (Å²) in [6.45, 7) is 1.71. The number of nitrogens with one attached hydrogen (secondary N) is 2. The summed E-state index contributed by atoms with van der Waals surface area (Å²) in [5.41, 5.74) is 2.40. The molecule has 1 fully saturated rings. The fourth-order valence-electron chi connectivity index (χ4n) is 3.16. The number of para-hydroxylation sites is 1. The van der Waals surface area contributed by atoms with Crippen molar-refractivity contribution in [1.29, 1.82) is 0 Å². The molecule has 122 valence electrons. The van der Waals surface area contributed by atoms with E-state index >= 15 is 0 Å². The van der Waals surface area contributed by atoms with Crippen LogP contribution in [0.3, 0.4) is 0 Å². The second-order valence-corrected chi connectivity index (χ2v) is 7.00. The molecule has 2 aromatic heterocycles. The lowest BCUT2D eigenvalue weighted by molar-refractivity contribution is 0.0952. The highest BCUT2D eigenvalue weighted by Crippen LogP contribution is 2.27. The first-order valence-corrected chi connectivity index (χ1v) is 9.14. The standard InChI is InChI=1S/C19H19N3OS/c23-19(21-12-13-5-3-9-20-13)15-11-17(18-8-4-10-24-18)22-16-7-2-1-6-14(15)16/h1-2,4,6-8,10-11,13,20H,3,5,9,12H2,(H,21,23). The van der Waals surface area contributed by atoms with Crippen molar-refractivity contribution in [2.24, 2.45) is 0 Å². The molecule has 1 aliphatic rings. The third-order valence-corrected chi connectivity index (χ3v) is 5.30. The normalized spacial score (nSPS) is 17.2. The number of thiophene rings is 1. The van der Waals surface area contributed by atoms with Crippen LogP contribution in [0.2, 0.25) is 0 Å². The first-order chi connectivity index (χ1) is 11.8. The van der Waals surface area contributed by atoms with E-state index in [1.165, 1.54) is 6.42 Å². The van der Waals surface area contributed by atoms with Crippen molar-refractivity contribution in [3.05, 3.63) is 53.4 Å². The van der Waals surface area contributed by atoms with E-state index in [4.69, 9.17) is 4.98 Å². The Labute approximate surface area is 144 Å². The number of hydrogen-bond donors (Lipinski definition) is 2. The molecule has 0 radical (unpaired) electrons. The zero-order valence-corrected chi connectivity index (χ0v) is 14.1. The third-order valence-electron chi connectivity index (χ3n) is 4.41. The average Bonchev–Trinajstić information content (AvgIpc) is 3.32. The first-order valence-electron chi connectivity index (χ1n) is 8.26. The molecule has 0 spiro atoms. The molecule has 5 heteroatoms. The monoisotopic (exact) mass is 337 g/mol. The first kappa shape index (κ1) is 15.3.